The van der Waals surface area contributed by atoms with Gasteiger partial charge in [-0.15, -0.1) is 23.7 Å². The van der Waals surface area contributed by atoms with Crippen molar-refractivity contribution in [2.24, 2.45) is 0 Å². The number of halogens is 1. The lowest BCUT2D eigenvalue weighted by Gasteiger charge is -2.14. The Labute approximate surface area is 159 Å². The van der Waals surface area contributed by atoms with Crippen molar-refractivity contribution in [3.05, 3.63) is 28.7 Å². The summed E-state index contributed by atoms with van der Waals surface area (Å²) in [7, 11) is -6.75. The third kappa shape index (κ3) is 7.33. The fraction of sp³-hybridized carbons (Fsp3) is 0.571. The Balaban J connectivity index is 0.00000312. The van der Waals surface area contributed by atoms with Gasteiger partial charge in [0.05, 0.1) is 5.75 Å². The van der Waals surface area contributed by atoms with Crippen LogP contribution in [0.2, 0.25) is 0 Å². The van der Waals surface area contributed by atoms with Crippen LogP contribution in [0.15, 0.2) is 28.0 Å². The molecule has 2 heterocycles. The van der Waals surface area contributed by atoms with Gasteiger partial charge in [0.2, 0.25) is 20.0 Å². The Morgan fingerprint density at radius 3 is 2.60 bits per heavy atom. The number of hydrogen-bond donors (Lipinski definition) is 3. The Hall–Kier alpha value is -0.490. The highest BCUT2D eigenvalue weighted by molar-refractivity contribution is 7.91. The summed E-state index contributed by atoms with van der Waals surface area (Å²) in [5.74, 6) is 0.0341. The molecule has 1 aromatic rings. The molecule has 0 aromatic carbocycles. The second-order valence-electron chi connectivity index (χ2n) is 5.41. The fourth-order valence-corrected chi connectivity index (χ4v) is 5.21. The van der Waals surface area contributed by atoms with Crippen LogP contribution in [-0.4, -0.2) is 48.8 Å². The predicted octanol–water partition coefficient (Wildman–Crippen LogP) is 0.850. The zero-order valence-electron chi connectivity index (χ0n) is 13.9. The molecule has 0 atom stereocenters. The molecule has 25 heavy (non-hydrogen) atoms. The van der Waals surface area contributed by atoms with Crippen LogP contribution in [0.4, 0.5) is 0 Å². The Morgan fingerprint density at radius 2 is 1.96 bits per heavy atom. The lowest BCUT2D eigenvalue weighted by atomic mass is 10.1. The van der Waals surface area contributed by atoms with E-state index in [0.29, 0.717) is 13.0 Å². The fourth-order valence-electron chi connectivity index (χ4n) is 2.16. The monoisotopic (exact) mass is 429 g/mol. The van der Waals surface area contributed by atoms with E-state index in [2.05, 4.69) is 14.8 Å². The van der Waals surface area contributed by atoms with Gasteiger partial charge >= 0.3 is 0 Å². The lowest BCUT2D eigenvalue weighted by Crippen LogP contribution is -2.29. The topological polar surface area (TPSA) is 104 Å². The first-order valence-corrected chi connectivity index (χ1v) is 11.7. The molecule has 0 saturated carbocycles. The molecule has 7 nitrogen and oxygen atoms in total. The van der Waals surface area contributed by atoms with E-state index in [9.17, 15) is 16.8 Å². The van der Waals surface area contributed by atoms with Gasteiger partial charge in [-0.05, 0) is 38.4 Å². The zero-order chi connectivity index (χ0) is 17.6. The smallest absolute Gasteiger partial charge is 0.250 e. The van der Waals surface area contributed by atoms with Gasteiger partial charge in [-0.1, -0.05) is 11.6 Å². The van der Waals surface area contributed by atoms with Gasteiger partial charge in [-0.2, -0.15) is 0 Å². The highest BCUT2D eigenvalue weighted by Gasteiger charge is 2.17. The van der Waals surface area contributed by atoms with E-state index in [1.165, 1.54) is 11.3 Å². The van der Waals surface area contributed by atoms with E-state index in [4.69, 9.17) is 0 Å². The molecule has 0 saturated heterocycles. The van der Waals surface area contributed by atoms with Crippen molar-refractivity contribution in [3.8, 4) is 0 Å². The summed E-state index contributed by atoms with van der Waals surface area (Å²) in [5, 5.41) is 3.18. The first-order chi connectivity index (χ1) is 11.3. The van der Waals surface area contributed by atoms with Crippen LogP contribution in [0.5, 0.6) is 0 Å². The second-order valence-corrected chi connectivity index (χ2v) is 10.7. The maximum Gasteiger partial charge on any atom is 0.250 e. The van der Waals surface area contributed by atoms with E-state index >= 15 is 0 Å². The number of thiophene rings is 1. The van der Waals surface area contributed by atoms with Crippen LogP contribution in [0.1, 0.15) is 18.2 Å². The summed E-state index contributed by atoms with van der Waals surface area (Å²) in [6, 6.07) is 3.29. The second kappa shape index (κ2) is 10.0. The van der Waals surface area contributed by atoms with E-state index in [1.54, 1.807) is 19.1 Å². The zero-order valence-corrected chi connectivity index (χ0v) is 17.2. The van der Waals surface area contributed by atoms with Gasteiger partial charge in [-0.3, -0.25) is 0 Å². The minimum absolute atomic E-state index is 0. The summed E-state index contributed by atoms with van der Waals surface area (Å²) in [4.78, 5) is 0.829. The molecular weight excluding hydrogens is 406 g/mol. The normalized spacial score (nSPS) is 15.5. The average Bonchev–Trinajstić information content (AvgIpc) is 3.04. The van der Waals surface area contributed by atoms with E-state index < -0.39 is 20.0 Å². The quantitative estimate of drug-likeness (QED) is 0.505. The van der Waals surface area contributed by atoms with E-state index in [0.717, 1.165) is 30.0 Å². The molecule has 2 rings (SSSR count). The molecule has 0 spiro atoms. The molecule has 1 aliphatic heterocycles. The maximum absolute atomic E-state index is 12.3. The summed E-state index contributed by atoms with van der Waals surface area (Å²) < 4.78 is 52.7. The number of rotatable bonds is 9. The van der Waals surface area contributed by atoms with Crippen LogP contribution >= 0.6 is 23.7 Å². The van der Waals surface area contributed by atoms with Crippen LogP contribution < -0.4 is 14.8 Å². The summed E-state index contributed by atoms with van der Waals surface area (Å²) in [5.41, 5.74) is 1.09. The first-order valence-electron chi connectivity index (χ1n) is 7.77. The van der Waals surface area contributed by atoms with Gasteiger partial charge in [-0.25, -0.2) is 26.3 Å². The maximum atomic E-state index is 12.3. The molecule has 0 aliphatic carbocycles. The minimum Gasteiger partial charge on any atom is -0.313 e. The molecule has 0 fully saturated rings. The third-order valence-electron chi connectivity index (χ3n) is 3.62. The predicted molar refractivity (Wildman–Crippen MR) is 103 cm³/mol. The molecule has 0 unspecified atom stereocenters. The molecule has 0 amide bonds. The summed E-state index contributed by atoms with van der Waals surface area (Å²) >= 11 is 1.17. The Bertz CT molecular complexity index is 788. The molecular formula is C14H24ClN3O4S3. The summed E-state index contributed by atoms with van der Waals surface area (Å²) in [6.45, 7) is 3.80. The average molecular weight is 430 g/mol. The van der Waals surface area contributed by atoms with Gasteiger partial charge in [0.25, 0.3) is 0 Å². The van der Waals surface area contributed by atoms with Gasteiger partial charge in [0.1, 0.15) is 4.21 Å². The number of hydrogen-bond acceptors (Lipinski definition) is 6. The summed E-state index contributed by atoms with van der Waals surface area (Å²) in [6.07, 6.45) is 3.32. The standard InChI is InChI=1S/C14H23N3O4S3.ClH/c1-2-23(18,19)16-10-7-13-3-4-14(22-13)24(20,21)17-11-12-5-8-15-9-6-12;/h3-5,15-17H,2,6-11H2,1H3;1H. The van der Waals surface area contributed by atoms with E-state index in [-0.39, 0.29) is 28.9 Å². The molecule has 0 radical (unpaired) electrons. The third-order valence-corrected chi connectivity index (χ3v) is 8.06. The number of nitrogens with one attached hydrogen (secondary N) is 3. The van der Waals surface area contributed by atoms with Crippen LogP contribution in [0, 0.1) is 0 Å². The highest BCUT2D eigenvalue weighted by atomic mass is 35.5. The molecule has 0 bridgehead atoms. The van der Waals surface area contributed by atoms with Gasteiger partial charge < -0.3 is 5.32 Å². The SMILES string of the molecule is CCS(=O)(=O)NCCc1ccc(S(=O)(=O)NCC2=CCNCC2)s1.Cl. The lowest BCUT2D eigenvalue weighted by molar-refractivity contribution is 0.582. The van der Waals surface area contributed by atoms with Gasteiger partial charge in [0, 0.05) is 24.5 Å². The molecule has 144 valence electrons. The van der Waals surface area contributed by atoms with Crippen LogP contribution in [0.3, 0.4) is 0 Å². The van der Waals surface area contributed by atoms with Crippen molar-refractivity contribution in [1.82, 2.24) is 14.8 Å². The minimum atomic E-state index is -3.53. The van der Waals surface area contributed by atoms with Crippen molar-refractivity contribution in [2.75, 3.05) is 31.9 Å². The van der Waals surface area contributed by atoms with Crippen LogP contribution in [0.25, 0.3) is 0 Å². The van der Waals surface area contributed by atoms with Crippen LogP contribution in [-0.2, 0) is 26.5 Å². The van der Waals surface area contributed by atoms with Crippen molar-refractivity contribution in [3.63, 3.8) is 0 Å². The van der Waals surface area contributed by atoms with Crippen molar-refractivity contribution < 1.29 is 16.8 Å². The largest absolute Gasteiger partial charge is 0.313 e. The molecule has 1 aliphatic rings. The number of sulfonamides is 2. The highest BCUT2D eigenvalue weighted by Crippen LogP contribution is 2.22. The Morgan fingerprint density at radius 1 is 1.20 bits per heavy atom. The Kier molecular flexibility index (Phi) is 9.02. The first kappa shape index (κ1) is 22.6. The van der Waals surface area contributed by atoms with Crippen molar-refractivity contribution in [2.45, 2.75) is 24.0 Å². The van der Waals surface area contributed by atoms with Crippen molar-refractivity contribution >= 4 is 43.8 Å². The van der Waals surface area contributed by atoms with E-state index in [1.807, 2.05) is 6.08 Å². The molecule has 3 N–H and O–H groups in total. The molecule has 1 aromatic heterocycles. The molecule has 11 heteroatoms. The van der Waals surface area contributed by atoms with Gasteiger partial charge in [0.15, 0.2) is 0 Å². The van der Waals surface area contributed by atoms with Crippen molar-refractivity contribution in [1.29, 1.82) is 0 Å².